The molecule has 1 amide bonds. The summed E-state index contributed by atoms with van der Waals surface area (Å²) in [5.74, 6) is 1.22. The van der Waals surface area contributed by atoms with Crippen molar-refractivity contribution in [3.8, 4) is 11.4 Å². The maximum atomic E-state index is 12.5. The number of carbonyl (C=O) groups is 1. The van der Waals surface area contributed by atoms with E-state index >= 15 is 0 Å². The van der Waals surface area contributed by atoms with Crippen LogP contribution in [0.15, 0.2) is 60.9 Å². The lowest BCUT2D eigenvalue weighted by Gasteiger charge is -2.06. The SMILES string of the molecule is O=C(NCCNCC1CC1)c1cc2cc(Nc3nccc(-c4ccccn4)n3)ccc2[nH]1. The van der Waals surface area contributed by atoms with Crippen molar-refractivity contribution in [2.24, 2.45) is 5.92 Å². The van der Waals surface area contributed by atoms with E-state index in [1.807, 2.05) is 48.5 Å². The Morgan fingerprint density at radius 2 is 1.94 bits per heavy atom. The van der Waals surface area contributed by atoms with E-state index in [4.69, 9.17) is 0 Å². The molecule has 0 radical (unpaired) electrons. The summed E-state index contributed by atoms with van der Waals surface area (Å²) in [7, 11) is 0. The van der Waals surface area contributed by atoms with Gasteiger partial charge in [0.25, 0.3) is 5.91 Å². The number of nitrogens with zero attached hydrogens (tertiary/aromatic N) is 3. The lowest BCUT2D eigenvalue weighted by molar-refractivity contribution is 0.0950. The Morgan fingerprint density at radius 1 is 1.00 bits per heavy atom. The van der Waals surface area contributed by atoms with Crippen molar-refractivity contribution in [2.75, 3.05) is 25.0 Å². The van der Waals surface area contributed by atoms with Gasteiger partial charge in [-0.05, 0) is 67.8 Å². The average molecular weight is 428 g/mol. The fourth-order valence-electron chi connectivity index (χ4n) is 3.53. The number of pyridine rings is 1. The Kier molecular flexibility index (Phi) is 5.76. The van der Waals surface area contributed by atoms with Gasteiger partial charge in [-0.15, -0.1) is 0 Å². The molecule has 5 rings (SSSR count). The van der Waals surface area contributed by atoms with Crippen LogP contribution in [0.25, 0.3) is 22.3 Å². The highest BCUT2D eigenvalue weighted by atomic mass is 16.1. The molecule has 0 unspecified atom stereocenters. The summed E-state index contributed by atoms with van der Waals surface area (Å²) in [5.41, 5.74) is 3.82. The van der Waals surface area contributed by atoms with Crippen molar-refractivity contribution < 1.29 is 4.79 Å². The summed E-state index contributed by atoms with van der Waals surface area (Å²) in [6.07, 6.45) is 6.10. The Hall–Kier alpha value is -3.78. The molecule has 1 saturated carbocycles. The molecule has 4 aromatic rings. The smallest absolute Gasteiger partial charge is 0.267 e. The first-order valence-corrected chi connectivity index (χ1v) is 10.9. The number of hydrogen-bond donors (Lipinski definition) is 4. The largest absolute Gasteiger partial charge is 0.351 e. The molecule has 1 aliphatic carbocycles. The van der Waals surface area contributed by atoms with Crippen LogP contribution in [0.1, 0.15) is 23.3 Å². The van der Waals surface area contributed by atoms with E-state index in [1.165, 1.54) is 12.8 Å². The molecule has 3 heterocycles. The molecule has 1 fully saturated rings. The van der Waals surface area contributed by atoms with Crippen LogP contribution in [0, 0.1) is 5.92 Å². The summed E-state index contributed by atoms with van der Waals surface area (Å²) >= 11 is 0. The van der Waals surface area contributed by atoms with Gasteiger partial charge in [0.2, 0.25) is 5.95 Å². The molecule has 0 saturated heterocycles. The fourth-order valence-corrected chi connectivity index (χ4v) is 3.53. The van der Waals surface area contributed by atoms with E-state index in [1.54, 1.807) is 12.4 Å². The molecule has 0 aliphatic heterocycles. The van der Waals surface area contributed by atoms with Crippen LogP contribution in [-0.4, -0.2) is 45.5 Å². The summed E-state index contributed by atoms with van der Waals surface area (Å²) in [6.45, 7) is 2.44. The van der Waals surface area contributed by atoms with Crippen molar-refractivity contribution >= 4 is 28.4 Å². The number of rotatable bonds is 9. The van der Waals surface area contributed by atoms with Crippen LogP contribution in [0.5, 0.6) is 0 Å². The van der Waals surface area contributed by atoms with Crippen LogP contribution in [0.2, 0.25) is 0 Å². The molecule has 3 aromatic heterocycles. The number of nitrogens with one attached hydrogen (secondary N) is 4. The molecule has 32 heavy (non-hydrogen) atoms. The van der Waals surface area contributed by atoms with Gasteiger partial charge >= 0.3 is 0 Å². The zero-order valence-corrected chi connectivity index (χ0v) is 17.6. The Balaban J connectivity index is 1.23. The van der Waals surface area contributed by atoms with Gasteiger partial charge in [-0.25, -0.2) is 9.97 Å². The minimum atomic E-state index is -0.102. The van der Waals surface area contributed by atoms with Gasteiger partial charge < -0.3 is 20.9 Å². The van der Waals surface area contributed by atoms with Crippen LogP contribution in [-0.2, 0) is 0 Å². The van der Waals surface area contributed by atoms with Crippen molar-refractivity contribution in [1.82, 2.24) is 30.6 Å². The first-order valence-electron chi connectivity index (χ1n) is 10.9. The second-order valence-corrected chi connectivity index (χ2v) is 7.99. The number of benzene rings is 1. The van der Waals surface area contributed by atoms with Gasteiger partial charge in [-0.1, -0.05) is 6.07 Å². The van der Waals surface area contributed by atoms with Crippen LogP contribution >= 0.6 is 0 Å². The molecule has 1 aliphatic rings. The predicted octanol–water partition coefficient (Wildman–Crippen LogP) is 3.49. The molecule has 4 N–H and O–H groups in total. The maximum Gasteiger partial charge on any atom is 0.267 e. The first-order chi connectivity index (χ1) is 15.7. The minimum absolute atomic E-state index is 0.102. The minimum Gasteiger partial charge on any atom is -0.351 e. The Bertz CT molecular complexity index is 1220. The molecule has 8 nitrogen and oxygen atoms in total. The quantitative estimate of drug-likeness (QED) is 0.305. The third-order valence-corrected chi connectivity index (χ3v) is 5.42. The molecule has 0 atom stereocenters. The van der Waals surface area contributed by atoms with E-state index in [-0.39, 0.29) is 5.91 Å². The first kappa shape index (κ1) is 20.1. The monoisotopic (exact) mass is 427 g/mol. The van der Waals surface area contributed by atoms with E-state index in [2.05, 4.69) is 35.9 Å². The number of aromatic nitrogens is 4. The standard InChI is InChI=1S/C24H25N7O/c32-23(27-12-11-25-15-16-4-5-16)22-14-17-13-18(6-7-19(17)30-22)29-24-28-10-8-21(31-24)20-3-1-2-9-26-20/h1-3,6-10,13-14,16,25,30H,4-5,11-12,15H2,(H,27,32)(H,28,29,31). The summed E-state index contributed by atoms with van der Waals surface area (Å²) in [5, 5.41) is 10.5. The number of anilines is 2. The summed E-state index contributed by atoms with van der Waals surface area (Å²) in [4.78, 5) is 28.8. The number of aromatic amines is 1. The summed E-state index contributed by atoms with van der Waals surface area (Å²) in [6, 6.07) is 15.2. The van der Waals surface area contributed by atoms with E-state index in [9.17, 15) is 4.79 Å². The second kappa shape index (κ2) is 9.15. The second-order valence-electron chi connectivity index (χ2n) is 7.99. The van der Waals surface area contributed by atoms with Gasteiger partial charge in [0.15, 0.2) is 0 Å². The van der Waals surface area contributed by atoms with Crippen LogP contribution in [0.4, 0.5) is 11.6 Å². The third kappa shape index (κ3) is 4.92. The molecule has 8 heteroatoms. The number of H-pyrrole nitrogens is 1. The van der Waals surface area contributed by atoms with Crippen molar-refractivity contribution in [1.29, 1.82) is 0 Å². The highest BCUT2D eigenvalue weighted by molar-refractivity contribution is 5.98. The molecular formula is C24H25N7O. The zero-order chi connectivity index (χ0) is 21.8. The van der Waals surface area contributed by atoms with Gasteiger partial charge in [0.05, 0.1) is 11.4 Å². The number of fused-ring (bicyclic) bond motifs is 1. The van der Waals surface area contributed by atoms with Crippen molar-refractivity contribution in [3.63, 3.8) is 0 Å². The van der Waals surface area contributed by atoms with Crippen LogP contribution in [0.3, 0.4) is 0 Å². The van der Waals surface area contributed by atoms with Crippen molar-refractivity contribution in [2.45, 2.75) is 12.8 Å². The lowest BCUT2D eigenvalue weighted by atomic mass is 10.2. The molecule has 0 spiro atoms. The Morgan fingerprint density at radius 3 is 2.78 bits per heavy atom. The van der Waals surface area contributed by atoms with E-state index in [0.29, 0.717) is 18.2 Å². The predicted molar refractivity (Wildman–Crippen MR) is 125 cm³/mol. The molecule has 1 aromatic carbocycles. The number of carbonyl (C=O) groups excluding carboxylic acids is 1. The van der Waals surface area contributed by atoms with Gasteiger partial charge in [-0.3, -0.25) is 9.78 Å². The fraction of sp³-hybridized carbons (Fsp3) is 0.250. The normalized spacial score (nSPS) is 13.2. The number of amides is 1. The third-order valence-electron chi connectivity index (χ3n) is 5.42. The summed E-state index contributed by atoms with van der Waals surface area (Å²) < 4.78 is 0. The van der Waals surface area contributed by atoms with Gasteiger partial charge in [0.1, 0.15) is 5.69 Å². The molecular weight excluding hydrogens is 402 g/mol. The zero-order valence-electron chi connectivity index (χ0n) is 17.6. The highest BCUT2D eigenvalue weighted by Crippen LogP contribution is 2.27. The number of hydrogen-bond acceptors (Lipinski definition) is 6. The van der Waals surface area contributed by atoms with Crippen LogP contribution < -0.4 is 16.0 Å². The maximum absolute atomic E-state index is 12.5. The van der Waals surface area contributed by atoms with Gasteiger partial charge in [0, 0.05) is 42.1 Å². The molecule has 162 valence electrons. The molecule has 0 bridgehead atoms. The van der Waals surface area contributed by atoms with E-state index in [0.717, 1.165) is 47.0 Å². The average Bonchev–Trinajstić information content (AvgIpc) is 3.55. The topological polar surface area (TPSA) is 108 Å². The lowest BCUT2D eigenvalue weighted by Crippen LogP contribution is -2.32. The van der Waals surface area contributed by atoms with Gasteiger partial charge in [-0.2, -0.15) is 0 Å². The Labute approximate surface area is 185 Å². The highest BCUT2D eigenvalue weighted by Gasteiger charge is 2.20. The van der Waals surface area contributed by atoms with E-state index < -0.39 is 0 Å². The van der Waals surface area contributed by atoms with Crippen molar-refractivity contribution in [3.05, 3.63) is 66.6 Å².